The molecule has 0 unspecified atom stereocenters. The van der Waals surface area contributed by atoms with Crippen LogP contribution in [-0.2, 0) is 20.7 Å². The number of Topliss-reactive ketones (excluding diaryl/α,β-unsaturated/α-hetero) is 2. The van der Waals surface area contributed by atoms with E-state index in [-0.39, 0.29) is 12.2 Å². The Morgan fingerprint density at radius 1 is 1.35 bits per heavy atom. The number of carbonyl (C=O) groups excluding carboxylic acids is 2. The molecular weight excluding hydrogens is 418 g/mol. The molecule has 2 heterocycles. The van der Waals surface area contributed by atoms with E-state index in [2.05, 4.69) is 15.0 Å². The number of carbonyl (C=O) groups is 2. The molecule has 0 saturated carbocycles. The largest absolute Gasteiger partial charge is 0.383 e. The molecule has 1 aliphatic heterocycles. The highest BCUT2D eigenvalue weighted by Crippen LogP contribution is 2.42. The van der Waals surface area contributed by atoms with E-state index in [0.717, 1.165) is 12.3 Å². The van der Waals surface area contributed by atoms with Gasteiger partial charge in [-0.05, 0) is 28.7 Å². The van der Waals surface area contributed by atoms with Crippen molar-refractivity contribution in [2.75, 3.05) is 0 Å². The number of aliphatic hydroxyl groups is 1. The highest BCUT2D eigenvalue weighted by atomic mass is 19.3. The molecule has 0 radical (unpaired) electrons. The van der Waals surface area contributed by atoms with Crippen LogP contribution in [0.3, 0.4) is 0 Å². The molecule has 0 amide bonds. The number of aromatic nitrogens is 2. The first-order chi connectivity index (χ1) is 14.7. The fourth-order valence-corrected chi connectivity index (χ4v) is 3.08. The molecule has 0 aliphatic carbocycles. The molecule has 31 heavy (non-hydrogen) atoms. The number of ether oxygens (including phenoxy) is 1. The number of alkyl halides is 2. The van der Waals surface area contributed by atoms with Crippen molar-refractivity contribution in [3.8, 4) is 0 Å². The molecule has 1 aliphatic rings. The summed E-state index contributed by atoms with van der Waals surface area (Å²) in [5.74, 6) is -7.13. The summed E-state index contributed by atoms with van der Waals surface area (Å²) in [7, 11) is 0. The van der Waals surface area contributed by atoms with Gasteiger partial charge in [0.15, 0.2) is 12.2 Å². The summed E-state index contributed by atoms with van der Waals surface area (Å²) in [6.45, 7) is 0. The summed E-state index contributed by atoms with van der Waals surface area (Å²) in [6.07, 6.45) is -6.59. The number of nitrogens with two attached hydrogens (primary N) is 1. The van der Waals surface area contributed by atoms with Crippen LogP contribution in [0.25, 0.3) is 10.4 Å². The Kier molecular flexibility index (Phi) is 6.22. The van der Waals surface area contributed by atoms with Crippen LogP contribution in [0.2, 0.25) is 0 Å². The average Bonchev–Trinajstić information content (AvgIpc) is 2.97. The highest BCUT2D eigenvalue weighted by Gasteiger charge is 2.62. The fraction of sp³-hybridized carbons (Fsp3) is 0.333. The molecule has 3 N–H and O–H groups in total. The Morgan fingerprint density at radius 3 is 2.65 bits per heavy atom. The first kappa shape index (κ1) is 22.2. The van der Waals surface area contributed by atoms with Crippen LogP contribution in [0.5, 0.6) is 0 Å². The molecule has 2 aromatic rings. The SMILES string of the molecule is [N-]=[N+]=Nc1ccn([C@@H]2O[C@@H](C(=O)C(=O)[C@@H](N)Cc3ccccc3)[C@@H](O)C2(F)F)c(=O)n1. The van der Waals surface area contributed by atoms with Gasteiger partial charge >= 0.3 is 11.6 Å². The van der Waals surface area contributed by atoms with Crippen molar-refractivity contribution < 1.29 is 28.2 Å². The third-order valence-corrected chi connectivity index (χ3v) is 4.64. The van der Waals surface area contributed by atoms with Gasteiger partial charge in [-0.2, -0.15) is 13.8 Å². The van der Waals surface area contributed by atoms with Crippen molar-refractivity contribution >= 4 is 17.4 Å². The van der Waals surface area contributed by atoms with E-state index in [9.17, 15) is 28.3 Å². The van der Waals surface area contributed by atoms with Gasteiger partial charge in [0.2, 0.25) is 17.8 Å². The maximum Gasteiger partial charge on any atom is 0.350 e. The lowest BCUT2D eigenvalue weighted by Crippen LogP contribution is -2.47. The number of azide groups is 1. The number of ketones is 2. The minimum atomic E-state index is -4.12. The summed E-state index contributed by atoms with van der Waals surface area (Å²) < 4.78 is 34.5. The van der Waals surface area contributed by atoms with Gasteiger partial charge in [0.05, 0.1) is 6.04 Å². The summed E-state index contributed by atoms with van der Waals surface area (Å²) in [5, 5.41) is 13.1. The number of hydrogen-bond donors (Lipinski definition) is 2. The summed E-state index contributed by atoms with van der Waals surface area (Å²) in [6, 6.07) is 8.09. The summed E-state index contributed by atoms with van der Waals surface area (Å²) in [4.78, 5) is 42.6. The first-order valence-corrected chi connectivity index (χ1v) is 8.90. The van der Waals surface area contributed by atoms with Gasteiger partial charge in [-0.1, -0.05) is 30.3 Å². The van der Waals surface area contributed by atoms with Crippen molar-refractivity contribution in [2.45, 2.75) is 36.8 Å². The van der Waals surface area contributed by atoms with Crippen LogP contribution in [-0.4, -0.2) is 50.4 Å². The predicted octanol–water partition coefficient (Wildman–Crippen LogP) is 0.787. The summed E-state index contributed by atoms with van der Waals surface area (Å²) in [5.41, 5.74) is 13.5. The molecule has 1 aromatic heterocycles. The molecule has 162 valence electrons. The van der Waals surface area contributed by atoms with Crippen LogP contribution >= 0.6 is 0 Å². The van der Waals surface area contributed by atoms with Crippen LogP contribution in [0.4, 0.5) is 14.6 Å². The molecule has 1 fully saturated rings. The van der Waals surface area contributed by atoms with E-state index in [4.69, 9.17) is 16.0 Å². The minimum Gasteiger partial charge on any atom is -0.383 e. The van der Waals surface area contributed by atoms with Crippen LogP contribution < -0.4 is 11.4 Å². The smallest absolute Gasteiger partial charge is 0.350 e. The second kappa shape index (κ2) is 8.70. The Bertz CT molecular complexity index is 1100. The first-order valence-electron chi connectivity index (χ1n) is 8.90. The standard InChI is InChI=1S/C18H16F2N6O5/c19-18(20)15(29)14(13(28)12(27)10(21)8-9-4-2-1-3-5-9)31-16(18)26-7-6-11(24-25-22)23-17(26)30/h1-7,10,14-16,29H,8,21H2/t10-,14-,15+,16+/m0/s1. The predicted molar refractivity (Wildman–Crippen MR) is 100 cm³/mol. The molecular formula is C18H16F2N6O5. The molecule has 11 nitrogen and oxygen atoms in total. The number of benzene rings is 1. The molecule has 13 heteroatoms. The van der Waals surface area contributed by atoms with E-state index in [0.29, 0.717) is 10.1 Å². The van der Waals surface area contributed by atoms with Gasteiger partial charge in [-0.15, -0.1) is 0 Å². The number of nitrogens with zero attached hydrogens (tertiary/aromatic N) is 5. The van der Waals surface area contributed by atoms with E-state index >= 15 is 0 Å². The maximum atomic E-state index is 14.6. The second-order valence-electron chi connectivity index (χ2n) is 6.72. The van der Waals surface area contributed by atoms with E-state index < -0.39 is 47.7 Å². The molecule has 4 atom stereocenters. The van der Waals surface area contributed by atoms with Gasteiger partial charge in [-0.25, -0.2) is 4.79 Å². The lowest BCUT2D eigenvalue weighted by molar-refractivity contribution is -0.148. The van der Waals surface area contributed by atoms with Crippen molar-refractivity contribution in [1.82, 2.24) is 9.55 Å². The lowest BCUT2D eigenvalue weighted by atomic mass is 9.96. The average molecular weight is 434 g/mol. The van der Waals surface area contributed by atoms with E-state index in [1.807, 2.05) is 0 Å². The molecule has 1 saturated heterocycles. The van der Waals surface area contributed by atoms with Crippen molar-refractivity contribution in [2.24, 2.45) is 10.8 Å². The normalized spacial score (nSPS) is 23.0. The molecule has 3 rings (SSSR count). The Labute approximate surface area is 172 Å². The van der Waals surface area contributed by atoms with Crippen LogP contribution in [0.1, 0.15) is 11.8 Å². The third-order valence-electron chi connectivity index (χ3n) is 4.64. The third kappa shape index (κ3) is 4.34. The van der Waals surface area contributed by atoms with Gasteiger partial charge in [0, 0.05) is 11.1 Å². The fourth-order valence-electron chi connectivity index (χ4n) is 3.08. The van der Waals surface area contributed by atoms with Crippen molar-refractivity contribution in [3.63, 3.8) is 0 Å². The zero-order valence-electron chi connectivity index (χ0n) is 15.7. The van der Waals surface area contributed by atoms with Crippen LogP contribution in [0, 0.1) is 0 Å². The number of rotatable bonds is 7. The topological polar surface area (TPSA) is 173 Å². The van der Waals surface area contributed by atoms with E-state index in [1.165, 1.54) is 0 Å². The zero-order valence-corrected chi connectivity index (χ0v) is 15.7. The maximum absolute atomic E-state index is 14.6. The Balaban J connectivity index is 1.81. The highest BCUT2D eigenvalue weighted by molar-refractivity contribution is 6.41. The number of halogens is 2. The van der Waals surface area contributed by atoms with E-state index in [1.54, 1.807) is 30.3 Å². The molecule has 1 aromatic carbocycles. The van der Waals surface area contributed by atoms with Gasteiger partial charge < -0.3 is 15.6 Å². The summed E-state index contributed by atoms with van der Waals surface area (Å²) >= 11 is 0. The van der Waals surface area contributed by atoms with Gasteiger partial charge in [0.25, 0.3) is 0 Å². The zero-order chi connectivity index (χ0) is 22.8. The van der Waals surface area contributed by atoms with Gasteiger partial charge in [-0.3, -0.25) is 14.2 Å². The van der Waals surface area contributed by atoms with Crippen molar-refractivity contribution in [3.05, 3.63) is 69.1 Å². The Morgan fingerprint density at radius 2 is 2.03 bits per heavy atom. The monoisotopic (exact) mass is 434 g/mol. The molecule has 0 bridgehead atoms. The lowest BCUT2D eigenvalue weighted by Gasteiger charge is -2.20. The van der Waals surface area contributed by atoms with Crippen molar-refractivity contribution in [1.29, 1.82) is 0 Å². The van der Waals surface area contributed by atoms with Crippen LogP contribution in [0.15, 0.2) is 52.5 Å². The second-order valence-corrected chi connectivity index (χ2v) is 6.72. The minimum absolute atomic E-state index is 0.0295. The quantitative estimate of drug-likeness (QED) is 0.280. The van der Waals surface area contributed by atoms with Gasteiger partial charge in [0.1, 0.15) is 5.82 Å². The molecule has 0 spiro atoms. The Hall–Kier alpha value is -3.51. The number of hydrogen-bond acceptors (Lipinski definition) is 8. The number of aliphatic hydroxyl groups excluding tert-OH is 1.